The number of ether oxygens (including phenoxy) is 2. The van der Waals surface area contributed by atoms with Crippen LogP contribution in [0.15, 0.2) is 42.5 Å². The molecule has 1 heterocycles. The van der Waals surface area contributed by atoms with Crippen LogP contribution in [0.4, 0.5) is 4.79 Å². The monoisotopic (exact) mass is 422 g/mol. The van der Waals surface area contributed by atoms with Crippen molar-refractivity contribution in [1.82, 2.24) is 10.2 Å². The van der Waals surface area contributed by atoms with Crippen LogP contribution in [-0.4, -0.2) is 37.2 Å². The fourth-order valence-electron chi connectivity index (χ4n) is 3.35. The van der Waals surface area contributed by atoms with E-state index in [1.54, 1.807) is 19.2 Å². The van der Waals surface area contributed by atoms with E-state index in [0.717, 1.165) is 31.5 Å². The Morgan fingerprint density at radius 2 is 1.82 bits per heavy atom. The van der Waals surface area contributed by atoms with Crippen LogP contribution in [0.3, 0.4) is 0 Å². The Hall–Kier alpha value is -1.95. The number of piperidine rings is 1. The van der Waals surface area contributed by atoms with Gasteiger partial charge in [-0.1, -0.05) is 35.3 Å². The molecule has 0 aliphatic carbocycles. The lowest BCUT2D eigenvalue weighted by Crippen LogP contribution is -2.40. The summed E-state index contributed by atoms with van der Waals surface area (Å²) in [4.78, 5) is 13.7. The van der Waals surface area contributed by atoms with Crippen molar-refractivity contribution in [1.29, 1.82) is 0 Å². The van der Waals surface area contributed by atoms with Gasteiger partial charge in [-0.3, -0.25) is 4.90 Å². The predicted molar refractivity (Wildman–Crippen MR) is 112 cm³/mol. The summed E-state index contributed by atoms with van der Waals surface area (Å²) in [7, 11) is 1.57. The normalized spacial score (nSPS) is 16.4. The summed E-state index contributed by atoms with van der Waals surface area (Å²) in [6.45, 7) is 3.80. The largest absolute Gasteiger partial charge is 0.456 e. The Bertz CT molecular complexity index is 806. The zero-order chi connectivity index (χ0) is 20.1. The number of nitrogens with zero attached hydrogens (tertiary/aromatic N) is 1. The standard InChI is InChI=1S/C21H24Cl2N2O3/c1-14(25-12-10-17(11-13-25)28-21(26)24-2)18-4-3-5-19(20(18)23)27-16-8-6-15(22)7-9-16/h3-9,14,17H,10-13H2,1-2H3,(H,24,26). The van der Waals surface area contributed by atoms with Gasteiger partial charge in [0.1, 0.15) is 17.6 Å². The van der Waals surface area contributed by atoms with Crippen LogP contribution in [0.2, 0.25) is 10.0 Å². The number of amides is 1. The number of hydrogen-bond donors (Lipinski definition) is 1. The molecular formula is C21H24Cl2N2O3. The van der Waals surface area contributed by atoms with E-state index >= 15 is 0 Å². The summed E-state index contributed by atoms with van der Waals surface area (Å²) in [6.07, 6.45) is 1.19. The highest BCUT2D eigenvalue weighted by Gasteiger charge is 2.27. The molecule has 1 aliphatic rings. The molecule has 1 atom stereocenters. The van der Waals surface area contributed by atoms with Crippen molar-refractivity contribution in [2.75, 3.05) is 20.1 Å². The van der Waals surface area contributed by atoms with E-state index < -0.39 is 0 Å². The van der Waals surface area contributed by atoms with Gasteiger partial charge in [0.25, 0.3) is 0 Å². The zero-order valence-electron chi connectivity index (χ0n) is 16.0. The maximum absolute atomic E-state index is 11.4. The maximum Gasteiger partial charge on any atom is 0.407 e. The number of rotatable bonds is 5. The quantitative estimate of drug-likeness (QED) is 0.674. The number of nitrogens with one attached hydrogen (secondary N) is 1. The molecule has 1 fully saturated rings. The average Bonchev–Trinajstić information content (AvgIpc) is 2.71. The maximum atomic E-state index is 11.4. The minimum Gasteiger partial charge on any atom is -0.456 e. The summed E-state index contributed by atoms with van der Waals surface area (Å²) in [5, 5.41) is 3.76. The fourth-order valence-corrected chi connectivity index (χ4v) is 3.80. The van der Waals surface area contributed by atoms with Crippen LogP contribution >= 0.6 is 23.2 Å². The van der Waals surface area contributed by atoms with Gasteiger partial charge in [0.15, 0.2) is 0 Å². The smallest absolute Gasteiger partial charge is 0.407 e. The van der Waals surface area contributed by atoms with E-state index in [-0.39, 0.29) is 18.2 Å². The second-order valence-corrected chi connectivity index (χ2v) is 7.60. The second-order valence-electron chi connectivity index (χ2n) is 6.78. The number of halogens is 2. The molecule has 1 aliphatic heterocycles. The Kier molecular flexibility index (Phi) is 7.05. The van der Waals surface area contributed by atoms with Crippen LogP contribution in [0.25, 0.3) is 0 Å². The lowest BCUT2D eigenvalue weighted by atomic mass is 10.0. The molecule has 28 heavy (non-hydrogen) atoms. The molecule has 2 aromatic rings. The Balaban J connectivity index is 1.66. The average molecular weight is 423 g/mol. The summed E-state index contributed by atoms with van der Waals surface area (Å²) < 4.78 is 11.3. The number of carbonyl (C=O) groups excluding carboxylic acids is 1. The molecule has 0 bridgehead atoms. The van der Waals surface area contributed by atoms with Crippen molar-refractivity contribution in [3.8, 4) is 11.5 Å². The van der Waals surface area contributed by atoms with Crippen molar-refractivity contribution < 1.29 is 14.3 Å². The highest BCUT2D eigenvalue weighted by Crippen LogP contribution is 2.37. The molecule has 1 N–H and O–H groups in total. The molecule has 150 valence electrons. The third-order valence-corrected chi connectivity index (χ3v) is 5.64. The highest BCUT2D eigenvalue weighted by molar-refractivity contribution is 6.33. The molecule has 2 aromatic carbocycles. The van der Waals surface area contributed by atoms with Crippen LogP contribution in [-0.2, 0) is 4.74 Å². The molecule has 3 rings (SSSR count). The zero-order valence-corrected chi connectivity index (χ0v) is 17.5. The van der Waals surface area contributed by atoms with Gasteiger partial charge in [-0.05, 0) is 55.7 Å². The molecule has 0 saturated carbocycles. The Morgan fingerprint density at radius 3 is 2.46 bits per heavy atom. The highest BCUT2D eigenvalue weighted by atomic mass is 35.5. The van der Waals surface area contributed by atoms with Crippen molar-refractivity contribution >= 4 is 29.3 Å². The van der Waals surface area contributed by atoms with Gasteiger partial charge in [-0.15, -0.1) is 0 Å². The van der Waals surface area contributed by atoms with E-state index in [4.69, 9.17) is 32.7 Å². The van der Waals surface area contributed by atoms with E-state index in [1.165, 1.54) is 0 Å². The topological polar surface area (TPSA) is 50.8 Å². The van der Waals surface area contributed by atoms with Crippen LogP contribution in [0, 0.1) is 0 Å². The molecule has 5 nitrogen and oxygen atoms in total. The molecule has 0 radical (unpaired) electrons. The number of likely N-dealkylation sites (tertiary alicyclic amines) is 1. The van der Waals surface area contributed by atoms with Crippen molar-refractivity contribution in [2.24, 2.45) is 0 Å². The SMILES string of the molecule is CNC(=O)OC1CCN(C(C)c2cccc(Oc3ccc(Cl)cc3)c2Cl)CC1. The third-order valence-electron chi connectivity index (χ3n) is 4.99. The first kappa shape index (κ1) is 20.8. The summed E-state index contributed by atoms with van der Waals surface area (Å²) >= 11 is 12.6. The number of hydrogen-bond acceptors (Lipinski definition) is 4. The van der Waals surface area contributed by atoms with E-state index in [1.807, 2.05) is 30.3 Å². The molecular weight excluding hydrogens is 399 g/mol. The lowest BCUT2D eigenvalue weighted by Gasteiger charge is -2.36. The molecule has 1 saturated heterocycles. The van der Waals surface area contributed by atoms with Crippen LogP contribution in [0.5, 0.6) is 11.5 Å². The first-order valence-corrected chi connectivity index (χ1v) is 10.1. The summed E-state index contributed by atoms with van der Waals surface area (Å²) in [5.74, 6) is 1.30. The van der Waals surface area contributed by atoms with Gasteiger partial charge in [0, 0.05) is 31.2 Å². The number of alkyl carbamates (subject to hydrolysis) is 1. The van der Waals surface area contributed by atoms with Crippen molar-refractivity contribution in [2.45, 2.75) is 31.9 Å². The van der Waals surface area contributed by atoms with Gasteiger partial charge < -0.3 is 14.8 Å². The summed E-state index contributed by atoms with van der Waals surface area (Å²) in [5.41, 5.74) is 1.01. The van der Waals surface area contributed by atoms with Gasteiger partial charge >= 0.3 is 6.09 Å². The van der Waals surface area contributed by atoms with Crippen molar-refractivity contribution in [3.05, 3.63) is 58.1 Å². The first-order chi connectivity index (χ1) is 13.5. The first-order valence-electron chi connectivity index (χ1n) is 9.32. The molecule has 7 heteroatoms. The van der Waals surface area contributed by atoms with Gasteiger partial charge in [-0.2, -0.15) is 0 Å². The molecule has 1 amide bonds. The minimum atomic E-state index is -0.374. The van der Waals surface area contributed by atoms with E-state index in [2.05, 4.69) is 17.1 Å². The third kappa shape index (κ3) is 5.10. The molecule has 0 aromatic heterocycles. The fraction of sp³-hybridized carbons (Fsp3) is 0.381. The van der Waals surface area contributed by atoms with Crippen molar-refractivity contribution in [3.63, 3.8) is 0 Å². The molecule has 0 spiro atoms. The van der Waals surface area contributed by atoms with Gasteiger partial charge in [0.05, 0.1) is 5.02 Å². The minimum absolute atomic E-state index is 0.0431. The van der Waals surface area contributed by atoms with Gasteiger partial charge in [0.2, 0.25) is 0 Å². The Morgan fingerprint density at radius 1 is 1.14 bits per heavy atom. The van der Waals surface area contributed by atoms with E-state index in [0.29, 0.717) is 21.5 Å². The Labute approximate surface area is 175 Å². The van der Waals surface area contributed by atoms with E-state index in [9.17, 15) is 4.79 Å². The number of carbonyl (C=O) groups is 1. The lowest BCUT2D eigenvalue weighted by molar-refractivity contribution is 0.0409. The predicted octanol–water partition coefficient (Wildman–Crippen LogP) is 5.67. The summed E-state index contributed by atoms with van der Waals surface area (Å²) in [6, 6.07) is 13.1. The number of benzene rings is 2. The van der Waals surface area contributed by atoms with Gasteiger partial charge in [-0.25, -0.2) is 4.79 Å². The molecule has 1 unspecified atom stereocenters. The second kappa shape index (κ2) is 9.50. The van der Waals surface area contributed by atoms with Crippen LogP contribution < -0.4 is 10.1 Å². The van der Waals surface area contributed by atoms with Crippen LogP contribution in [0.1, 0.15) is 31.4 Å².